The Kier molecular flexibility index (Phi) is 5.16. The first-order valence-corrected chi connectivity index (χ1v) is 7.34. The Morgan fingerprint density at radius 2 is 1.95 bits per heavy atom. The Morgan fingerprint density at radius 3 is 2.59 bits per heavy atom. The Morgan fingerprint density at radius 1 is 1.23 bits per heavy atom. The van der Waals surface area contributed by atoms with Crippen LogP contribution in [0.2, 0.25) is 10.0 Å². The number of aromatic hydroxyl groups is 1. The van der Waals surface area contributed by atoms with Gasteiger partial charge in [-0.1, -0.05) is 23.2 Å². The Balaban J connectivity index is 2.05. The van der Waals surface area contributed by atoms with Crippen molar-refractivity contribution in [2.75, 3.05) is 5.32 Å². The minimum absolute atomic E-state index is 0.146. The summed E-state index contributed by atoms with van der Waals surface area (Å²) in [4.78, 5) is 12.2. The van der Waals surface area contributed by atoms with E-state index >= 15 is 0 Å². The maximum atomic E-state index is 12.2. The third-order valence-electron chi connectivity index (χ3n) is 3.03. The van der Waals surface area contributed by atoms with E-state index in [0.717, 1.165) is 5.56 Å². The molecule has 0 heterocycles. The topological polar surface area (TPSA) is 58.6 Å². The van der Waals surface area contributed by atoms with E-state index in [1.807, 2.05) is 0 Å². The number of ether oxygens (including phenoxy) is 1. The quantitative estimate of drug-likeness (QED) is 0.811. The molecule has 1 unspecified atom stereocenters. The van der Waals surface area contributed by atoms with Gasteiger partial charge in [-0.3, -0.25) is 4.79 Å². The van der Waals surface area contributed by atoms with Gasteiger partial charge in [-0.25, -0.2) is 0 Å². The molecule has 2 rings (SSSR count). The summed E-state index contributed by atoms with van der Waals surface area (Å²) in [5.41, 5.74) is 1.37. The summed E-state index contributed by atoms with van der Waals surface area (Å²) in [6.45, 7) is 3.41. The van der Waals surface area contributed by atoms with Crippen molar-refractivity contribution in [1.29, 1.82) is 0 Å². The number of amides is 1. The third-order valence-corrected chi connectivity index (χ3v) is 3.57. The van der Waals surface area contributed by atoms with Crippen LogP contribution in [-0.4, -0.2) is 17.1 Å². The van der Waals surface area contributed by atoms with Gasteiger partial charge in [-0.15, -0.1) is 0 Å². The number of anilines is 1. The molecule has 2 N–H and O–H groups in total. The molecule has 0 aliphatic heterocycles. The van der Waals surface area contributed by atoms with Gasteiger partial charge in [-0.05, 0) is 55.8 Å². The second kappa shape index (κ2) is 6.90. The maximum Gasteiger partial charge on any atom is 0.265 e. The molecular formula is C16H15Cl2NO3. The predicted octanol–water partition coefficient (Wildman–Crippen LogP) is 4.41. The first-order chi connectivity index (χ1) is 10.4. The minimum Gasteiger partial charge on any atom is -0.508 e. The summed E-state index contributed by atoms with van der Waals surface area (Å²) >= 11 is 11.8. The highest BCUT2D eigenvalue weighted by atomic mass is 35.5. The number of benzene rings is 2. The molecule has 0 aliphatic carbocycles. The van der Waals surface area contributed by atoms with Crippen molar-refractivity contribution in [2.45, 2.75) is 20.0 Å². The van der Waals surface area contributed by atoms with Gasteiger partial charge in [0.2, 0.25) is 0 Å². The average molecular weight is 340 g/mol. The highest BCUT2D eigenvalue weighted by molar-refractivity contribution is 6.35. The lowest BCUT2D eigenvalue weighted by molar-refractivity contribution is -0.122. The van der Waals surface area contributed by atoms with Crippen LogP contribution < -0.4 is 10.1 Å². The van der Waals surface area contributed by atoms with E-state index in [2.05, 4.69) is 5.32 Å². The van der Waals surface area contributed by atoms with Crippen LogP contribution in [0.25, 0.3) is 0 Å². The van der Waals surface area contributed by atoms with Gasteiger partial charge in [0.25, 0.3) is 5.91 Å². The average Bonchev–Trinajstić information content (AvgIpc) is 2.44. The number of aryl methyl sites for hydroxylation is 1. The van der Waals surface area contributed by atoms with Crippen LogP contribution in [0, 0.1) is 6.92 Å². The van der Waals surface area contributed by atoms with Crippen LogP contribution in [0.15, 0.2) is 36.4 Å². The molecule has 0 saturated heterocycles. The monoisotopic (exact) mass is 339 g/mol. The van der Waals surface area contributed by atoms with Crippen LogP contribution in [0.1, 0.15) is 12.5 Å². The number of halogens is 2. The standard InChI is InChI=1S/C16H15Cl2NO3/c1-9-7-12(20)4-5-14(9)19-16(21)10(2)22-15-6-3-11(17)8-13(15)18/h3-8,10,20H,1-2H3,(H,19,21). The molecule has 0 bridgehead atoms. The number of carbonyl (C=O) groups is 1. The van der Waals surface area contributed by atoms with Crippen molar-refractivity contribution in [2.24, 2.45) is 0 Å². The van der Waals surface area contributed by atoms with Gasteiger partial charge in [0.1, 0.15) is 11.5 Å². The van der Waals surface area contributed by atoms with Gasteiger partial charge in [0, 0.05) is 10.7 Å². The Labute approximate surface area is 138 Å². The van der Waals surface area contributed by atoms with Gasteiger partial charge in [0.05, 0.1) is 5.02 Å². The molecule has 0 fully saturated rings. The van der Waals surface area contributed by atoms with Crippen LogP contribution >= 0.6 is 23.2 Å². The third kappa shape index (κ3) is 4.06. The van der Waals surface area contributed by atoms with E-state index in [-0.39, 0.29) is 11.7 Å². The molecule has 1 atom stereocenters. The van der Waals surface area contributed by atoms with Gasteiger partial charge < -0.3 is 15.2 Å². The van der Waals surface area contributed by atoms with Crippen LogP contribution in [0.5, 0.6) is 11.5 Å². The molecule has 0 saturated carbocycles. The molecule has 1 amide bonds. The molecule has 0 spiro atoms. The highest BCUT2D eigenvalue weighted by Crippen LogP contribution is 2.28. The fraction of sp³-hybridized carbons (Fsp3) is 0.188. The van der Waals surface area contributed by atoms with E-state index in [1.54, 1.807) is 44.2 Å². The van der Waals surface area contributed by atoms with E-state index in [9.17, 15) is 9.90 Å². The van der Waals surface area contributed by atoms with Crippen molar-refractivity contribution >= 4 is 34.8 Å². The zero-order chi connectivity index (χ0) is 16.3. The number of hydrogen-bond acceptors (Lipinski definition) is 3. The molecule has 2 aromatic carbocycles. The second-order valence-corrected chi connectivity index (χ2v) is 5.67. The molecule has 22 heavy (non-hydrogen) atoms. The van der Waals surface area contributed by atoms with Gasteiger partial charge in [0.15, 0.2) is 6.10 Å². The number of carbonyl (C=O) groups excluding carboxylic acids is 1. The normalized spacial score (nSPS) is 11.8. The lowest BCUT2D eigenvalue weighted by Gasteiger charge is -2.16. The molecule has 6 heteroatoms. The van der Waals surface area contributed by atoms with Crippen LogP contribution in [0.4, 0.5) is 5.69 Å². The Hall–Kier alpha value is -1.91. The number of phenols is 1. The van der Waals surface area contributed by atoms with Crippen LogP contribution in [-0.2, 0) is 4.79 Å². The lowest BCUT2D eigenvalue weighted by Crippen LogP contribution is -2.30. The lowest BCUT2D eigenvalue weighted by atomic mass is 10.2. The van der Waals surface area contributed by atoms with Crippen molar-refractivity contribution in [3.8, 4) is 11.5 Å². The summed E-state index contributed by atoms with van der Waals surface area (Å²) in [6.07, 6.45) is -0.744. The van der Waals surface area contributed by atoms with Gasteiger partial charge >= 0.3 is 0 Å². The number of hydrogen-bond donors (Lipinski definition) is 2. The Bertz CT molecular complexity index is 704. The zero-order valence-electron chi connectivity index (χ0n) is 12.1. The van der Waals surface area contributed by atoms with Crippen molar-refractivity contribution < 1.29 is 14.6 Å². The smallest absolute Gasteiger partial charge is 0.265 e. The van der Waals surface area contributed by atoms with Crippen molar-refractivity contribution in [3.63, 3.8) is 0 Å². The number of nitrogens with one attached hydrogen (secondary N) is 1. The summed E-state index contributed by atoms with van der Waals surface area (Å²) < 4.78 is 5.55. The molecule has 0 radical (unpaired) electrons. The summed E-state index contributed by atoms with van der Waals surface area (Å²) in [5.74, 6) is 0.212. The minimum atomic E-state index is -0.744. The number of phenolic OH excluding ortho intramolecular Hbond substituents is 1. The van der Waals surface area contributed by atoms with Gasteiger partial charge in [-0.2, -0.15) is 0 Å². The molecule has 116 valence electrons. The number of rotatable bonds is 4. The molecule has 2 aromatic rings. The SMILES string of the molecule is Cc1cc(O)ccc1NC(=O)C(C)Oc1ccc(Cl)cc1Cl. The zero-order valence-corrected chi connectivity index (χ0v) is 13.6. The largest absolute Gasteiger partial charge is 0.508 e. The van der Waals surface area contributed by atoms with Crippen molar-refractivity contribution in [3.05, 3.63) is 52.0 Å². The van der Waals surface area contributed by atoms with Crippen molar-refractivity contribution in [1.82, 2.24) is 0 Å². The summed E-state index contributed by atoms with van der Waals surface area (Å²) in [6, 6.07) is 9.50. The molecule has 0 aliphatic rings. The van der Waals surface area contributed by atoms with E-state index in [0.29, 0.717) is 21.5 Å². The highest BCUT2D eigenvalue weighted by Gasteiger charge is 2.17. The second-order valence-electron chi connectivity index (χ2n) is 4.82. The predicted molar refractivity (Wildman–Crippen MR) is 88.0 cm³/mol. The fourth-order valence-electron chi connectivity index (χ4n) is 1.84. The van der Waals surface area contributed by atoms with E-state index in [4.69, 9.17) is 27.9 Å². The van der Waals surface area contributed by atoms with E-state index in [1.165, 1.54) is 6.07 Å². The first-order valence-electron chi connectivity index (χ1n) is 6.59. The fourth-order valence-corrected chi connectivity index (χ4v) is 2.29. The molecular weight excluding hydrogens is 325 g/mol. The first kappa shape index (κ1) is 16.5. The molecule has 4 nitrogen and oxygen atoms in total. The molecule has 0 aromatic heterocycles. The summed E-state index contributed by atoms with van der Waals surface area (Å²) in [7, 11) is 0. The van der Waals surface area contributed by atoms with E-state index < -0.39 is 6.10 Å². The summed E-state index contributed by atoms with van der Waals surface area (Å²) in [5, 5.41) is 12.9. The maximum absolute atomic E-state index is 12.2. The van der Waals surface area contributed by atoms with Crippen LogP contribution in [0.3, 0.4) is 0 Å².